The van der Waals surface area contributed by atoms with Crippen LogP contribution in [0.3, 0.4) is 0 Å². The highest BCUT2D eigenvalue weighted by molar-refractivity contribution is 9.09. The van der Waals surface area contributed by atoms with E-state index in [-0.39, 0.29) is 0 Å². The highest BCUT2D eigenvalue weighted by atomic mass is 79.9. The fraction of sp³-hybridized carbons (Fsp3) is 1.00. The third kappa shape index (κ3) is 8.67. The fourth-order valence-corrected chi connectivity index (χ4v) is 3.60. The van der Waals surface area contributed by atoms with Gasteiger partial charge in [0.05, 0.1) is 0 Å². The molecule has 1 fully saturated rings. The molecule has 1 aliphatic rings. The predicted octanol–water partition coefficient (Wildman–Crippen LogP) is 6.16. The van der Waals surface area contributed by atoms with Gasteiger partial charge in [-0.15, -0.1) is 0 Å². The van der Waals surface area contributed by atoms with Gasteiger partial charge in [-0.3, -0.25) is 4.90 Å². The summed E-state index contributed by atoms with van der Waals surface area (Å²) < 4.78 is 0. The molecule has 2 heteroatoms. The molecule has 0 amide bonds. The van der Waals surface area contributed by atoms with Gasteiger partial charge in [0.2, 0.25) is 0 Å². The number of halogens is 1. The maximum absolute atomic E-state index is 3.60. The van der Waals surface area contributed by atoms with Gasteiger partial charge < -0.3 is 0 Å². The van der Waals surface area contributed by atoms with Crippen LogP contribution >= 0.6 is 15.9 Å². The second kappa shape index (κ2) is 13.1. The van der Waals surface area contributed by atoms with Gasteiger partial charge in [0.25, 0.3) is 0 Å². The third-order valence-electron chi connectivity index (χ3n) is 4.76. The summed E-state index contributed by atoms with van der Waals surface area (Å²) in [5, 5.41) is 1.14. The zero-order valence-electron chi connectivity index (χ0n) is 13.7. The quantitative estimate of drug-likeness (QED) is 0.269. The molecule has 0 aromatic carbocycles. The highest BCUT2D eigenvalue weighted by Gasteiger charge is 2.23. The van der Waals surface area contributed by atoms with Crippen molar-refractivity contribution in [3.63, 3.8) is 0 Å². The first-order valence-electron chi connectivity index (χ1n) is 9.18. The lowest BCUT2D eigenvalue weighted by atomic mass is 9.91. The number of rotatable bonds is 14. The van der Waals surface area contributed by atoms with E-state index in [1.165, 1.54) is 96.6 Å². The lowest BCUT2D eigenvalue weighted by Gasteiger charge is -2.37. The van der Waals surface area contributed by atoms with Gasteiger partial charge in [-0.25, -0.2) is 0 Å². The Morgan fingerprint density at radius 3 is 1.80 bits per heavy atom. The third-order valence-corrected chi connectivity index (χ3v) is 5.12. The lowest BCUT2D eigenvalue weighted by Crippen LogP contribution is -2.41. The van der Waals surface area contributed by atoms with E-state index in [9.17, 15) is 0 Å². The van der Waals surface area contributed by atoms with Crippen LogP contribution in [0.5, 0.6) is 0 Å². The maximum atomic E-state index is 3.60. The first kappa shape index (κ1) is 18.5. The molecule has 0 aliphatic heterocycles. The molecule has 0 atom stereocenters. The number of nitrogens with zero attached hydrogens (tertiary/aromatic N) is 1. The molecule has 1 rings (SSSR count). The van der Waals surface area contributed by atoms with E-state index in [1.54, 1.807) is 0 Å². The number of hydrogen-bond donors (Lipinski definition) is 0. The topological polar surface area (TPSA) is 3.24 Å². The van der Waals surface area contributed by atoms with Crippen molar-refractivity contribution in [2.75, 3.05) is 18.4 Å². The molecule has 0 aromatic rings. The van der Waals surface area contributed by atoms with Gasteiger partial charge >= 0.3 is 0 Å². The molecule has 120 valence electrons. The smallest absolute Gasteiger partial charge is 0.0159 e. The van der Waals surface area contributed by atoms with Crippen molar-refractivity contribution >= 4 is 15.9 Å². The highest BCUT2D eigenvalue weighted by Crippen LogP contribution is 2.25. The molecule has 0 unspecified atom stereocenters. The zero-order chi connectivity index (χ0) is 14.5. The van der Waals surface area contributed by atoms with Crippen molar-refractivity contribution in [1.29, 1.82) is 0 Å². The summed E-state index contributed by atoms with van der Waals surface area (Å²) in [5.74, 6) is 0. The minimum absolute atomic E-state index is 0.922. The average Bonchev–Trinajstić information content (AvgIpc) is 2.39. The van der Waals surface area contributed by atoms with Crippen molar-refractivity contribution < 1.29 is 0 Å². The van der Waals surface area contributed by atoms with Gasteiger partial charge in [-0.1, -0.05) is 87.1 Å². The number of hydrogen-bond acceptors (Lipinski definition) is 1. The van der Waals surface area contributed by atoms with Crippen LogP contribution in [0.1, 0.15) is 90.4 Å². The molecule has 0 spiro atoms. The van der Waals surface area contributed by atoms with Crippen LogP contribution in [0.2, 0.25) is 0 Å². The van der Waals surface area contributed by atoms with E-state index >= 15 is 0 Å². The molecule has 0 aromatic heterocycles. The van der Waals surface area contributed by atoms with Crippen molar-refractivity contribution in [3.8, 4) is 0 Å². The normalized spacial score (nSPS) is 15.8. The van der Waals surface area contributed by atoms with Crippen molar-refractivity contribution in [3.05, 3.63) is 0 Å². The average molecular weight is 346 g/mol. The molecule has 0 heterocycles. The Bertz CT molecular complexity index is 204. The summed E-state index contributed by atoms with van der Waals surface area (Å²) >= 11 is 3.60. The first-order valence-corrected chi connectivity index (χ1v) is 10.3. The molecular formula is C18H36BrN. The summed E-state index contributed by atoms with van der Waals surface area (Å²) in [6, 6.07) is 0.922. The van der Waals surface area contributed by atoms with Crippen LogP contribution in [0.4, 0.5) is 0 Å². The fourth-order valence-electron chi connectivity index (χ4n) is 3.14. The molecule has 20 heavy (non-hydrogen) atoms. The van der Waals surface area contributed by atoms with Gasteiger partial charge in [-0.2, -0.15) is 0 Å². The number of unbranched alkanes of at least 4 members (excludes halogenated alkanes) is 9. The second-order valence-electron chi connectivity index (χ2n) is 6.49. The van der Waals surface area contributed by atoms with E-state index in [4.69, 9.17) is 0 Å². The standard InChI is InChI=1S/C18H36BrN/c1-2-3-4-5-6-7-8-9-10-11-16-20(17-15-19)18-13-12-14-18/h18H,2-17H2,1H3. The molecule has 1 saturated carbocycles. The van der Waals surface area contributed by atoms with Gasteiger partial charge in [-0.05, 0) is 25.8 Å². The van der Waals surface area contributed by atoms with E-state index in [0.29, 0.717) is 0 Å². The van der Waals surface area contributed by atoms with Crippen molar-refractivity contribution in [1.82, 2.24) is 4.90 Å². The molecular weight excluding hydrogens is 310 g/mol. The second-order valence-corrected chi connectivity index (χ2v) is 7.28. The molecule has 0 bridgehead atoms. The Labute approximate surface area is 136 Å². The Morgan fingerprint density at radius 2 is 1.35 bits per heavy atom. The molecule has 0 saturated heterocycles. The Morgan fingerprint density at radius 1 is 0.800 bits per heavy atom. The molecule has 1 nitrogen and oxygen atoms in total. The molecule has 0 N–H and O–H groups in total. The maximum Gasteiger partial charge on any atom is 0.0159 e. The molecule has 1 aliphatic carbocycles. The molecule has 0 radical (unpaired) electrons. The predicted molar refractivity (Wildman–Crippen MR) is 94.9 cm³/mol. The lowest BCUT2D eigenvalue weighted by molar-refractivity contribution is 0.133. The van der Waals surface area contributed by atoms with Crippen LogP contribution in [0.25, 0.3) is 0 Å². The van der Waals surface area contributed by atoms with Crippen LogP contribution in [0, 0.1) is 0 Å². The Hall–Kier alpha value is 0.440. The van der Waals surface area contributed by atoms with E-state index in [0.717, 1.165) is 11.4 Å². The largest absolute Gasteiger partial charge is 0.300 e. The van der Waals surface area contributed by atoms with Crippen molar-refractivity contribution in [2.24, 2.45) is 0 Å². The first-order chi connectivity index (χ1) is 9.88. The van der Waals surface area contributed by atoms with Crippen LogP contribution in [-0.2, 0) is 0 Å². The summed E-state index contributed by atoms with van der Waals surface area (Å²) in [4.78, 5) is 2.73. The minimum atomic E-state index is 0.922. The summed E-state index contributed by atoms with van der Waals surface area (Å²) in [7, 11) is 0. The summed E-state index contributed by atoms with van der Waals surface area (Å²) in [5.41, 5.74) is 0. The SMILES string of the molecule is CCCCCCCCCCCCN(CCBr)C1CCC1. The van der Waals surface area contributed by atoms with Gasteiger partial charge in [0.1, 0.15) is 0 Å². The summed E-state index contributed by atoms with van der Waals surface area (Å²) in [6.07, 6.45) is 18.8. The zero-order valence-corrected chi connectivity index (χ0v) is 15.3. The Balaban J connectivity index is 1.85. The monoisotopic (exact) mass is 345 g/mol. The summed E-state index contributed by atoms with van der Waals surface area (Å²) in [6.45, 7) is 4.89. The number of alkyl halides is 1. The van der Waals surface area contributed by atoms with Crippen molar-refractivity contribution in [2.45, 2.75) is 96.4 Å². The van der Waals surface area contributed by atoms with E-state index < -0.39 is 0 Å². The van der Waals surface area contributed by atoms with Crippen LogP contribution in [0.15, 0.2) is 0 Å². The van der Waals surface area contributed by atoms with E-state index in [2.05, 4.69) is 27.8 Å². The Kier molecular flexibility index (Phi) is 12.1. The van der Waals surface area contributed by atoms with Crippen LogP contribution < -0.4 is 0 Å². The van der Waals surface area contributed by atoms with Gasteiger partial charge in [0.15, 0.2) is 0 Å². The van der Waals surface area contributed by atoms with Crippen LogP contribution in [-0.4, -0.2) is 29.4 Å². The van der Waals surface area contributed by atoms with E-state index in [1.807, 2.05) is 0 Å². The van der Waals surface area contributed by atoms with Gasteiger partial charge in [0, 0.05) is 17.9 Å². The minimum Gasteiger partial charge on any atom is -0.300 e.